The van der Waals surface area contributed by atoms with Gasteiger partial charge in [-0.05, 0) is 66.8 Å². The van der Waals surface area contributed by atoms with Crippen LogP contribution in [0.3, 0.4) is 0 Å². The van der Waals surface area contributed by atoms with E-state index in [1.807, 2.05) is 6.07 Å². The van der Waals surface area contributed by atoms with Crippen molar-refractivity contribution >= 4 is 39.0 Å². The van der Waals surface area contributed by atoms with E-state index >= 15 is 0 Å². The van der Waals surface area contributed by atoms with E-state index in [1.165, 1.54) is 41.7 Å². The number of fused-ring (bicyclic) bond motifs is 1. The average molecular weight is 451 g/mol. The first kappa shape index (κ1) is 21.6. The van der Waals surface area contributed by atoms with Crippen molar-refractivity contribution in [3.05, 3.63) is 88.8 Å². The summed E-state index contributed by atoms with van der Waals surface area (Å²) in [6, 6.07) is 16.9. The van der Waals surface area contributed by atoms with Crippen molar-refractivity contribution in [1.82, 2.24) is 0 Å². The number of thiophene rings is 1. The molecule has 1 aromatic heterocycles. The van der Waals surface area contributed by atoms with Crippen LogP contribution >= 0.6 is 11.3 Å². The predicted molar refractivity (Wildman–Crippen MR) is 122 cm³/mol. The minimum atomic E-state index is -0.692. The molecule has 0 aliphatic rings. The summed E-state index contributed by atoms with van der Waals surface area (Å²) in [5.41, 5.74) is 1.34. The summed E-state index contributed by atoms with van der Waals surface area (Å²) in [4.78, 5) is 25.6. The lowest BCUT2D eigenvalue weighted by Gasteiger charge is -2.09. The molecule has 32 heavy (non-hydrogen) atoms. The molecule has 0 radical (unpaired) electrons. The maximum Gasteiger partial charge on any atom is 0.348 e. The molecule has 1 heterocycles. The first-order chi connectivity index (χ1) is 15.3. The zero-order valence-corrected chi connectivity index (χ0v) is 18.1. The molecule has 0 aliphatic carbocycles. The SMILES string of the molecule is CC(C)OC(=O)c1cc2cccc(NC(=O)c3cc(-c4cccc(F)c4)ccc3F)c2s1. The zero-order chi connectivity index (χ0) is 22.8. The summed E-state index contributed by atoms with van der Waals surface area (Å²) in [5, 5.41) is 3.49. The number of hydrogen-bond donors (Lipinski definition) is 1. The normalized spacial score (nSPS) is 11.0. The quantitative estimate of drug-likeness (QED) is 0.345. The van der Waals surface area contributed by atoms with Crippen LogP contribution in [0.1, 0.15) is 33.9 Å². The lowest BCUT2D eigenvalue weighted by molar-refractivity contribution is 0.0384. The molecule has 0 bridgehead atoms. The van der Waals surface area contributed by atoms with E-state index in [1.54, 1.807) is 44.2 Å². The minimum absolute atomic E-state index is 0.167. The highest BCUT2D eigenvalue weighted by atomic mass is 32.1. The van der Waals surface area contributed by atoms with Gasteiger partial charge in [0, 0.05) is 0 Å². The fourth-order valence-electron chi connectivity index (χ4n) is 3.27. The van der Waals surface area contributed by atoms with Crippen LogP contribution in [-0.2, 0) is 4.74 Å². The Bertz CT molecular complexity index is 1330. The second kappa shape index (κ2) is 8.88. The molecule has 0 saturated carbocycles. The van der Waals surface area contributed by atoms with Gasteiger partial charge >= 0.3 is 5.97 Å². The molecule has 0 atom stereocenters. The Morgan fingerprint density at radius 3 is 2.44 bits per heavy atom. The van der Waals surface area contributed by atoms with E-state index in [9.17, 15) is 18.4 Å². The lowest BCUT2D eigenvalue weighted by Crippen LogP contribution is -2.14. The number of anilines is 1. The molecule has 4 nitrogen and oxygen atoms in total. The van der Waals surface area contributed by atoms with Gasteiger partial charge in [-0.15, -0.1) is 11.3 Å². The summed E-state index contributed by atoms with van der Waals surface area (Å²) < 4.78 is 34.0. The summed E-state index contributed by atoms with van der Waals surface area (Å²) in [5.74, 6) is -2.20. The third-order valence-corrected chi connectivity index (χ3v) is 5.87. The number of benzene rings is 3. The number of hydrogen-bond acceptors (Lipinski definition) is 4. The van der Waals surface area contributed by atoms with Crippen molar-refractivity contribution in [2.24, 2.45) is 0 Å². The summed E-state index contributed by atoms with van der Waals surface area (Å²) >= 11 is 1.19. The molecule has 0 fully saturated rings. The molecular formula is C25H19F2NO3S. The second-order valence-electron chi connectivity index (χ2n) is 7.45. The number of ether oxygens (including phenoxy) is 1. The first-order valence-electron chi connectivity index (χ1n) is 9.92. The van der Waals surface area contributed by atoms with Crippen molar-refractivity contribution in [2.75, 3.05) is 5.32 Å². The lowest BCUT2D eigenvalue weighted by atomic mass is 10.0. The van der Waals surface area contributed by atoms with Gasteiger partial charge in [0.15, 0.2) is 0 Å². The van der Waals surface area contributed by atoms with Crippen LogP contribution in [0.5, 0.6) is 0 Å². The van der Waals surface area contributed by atoms with E-state index in [0.29, 0.717) is 26.4 Å². The highest BCUT2D eigenvalue weighted by molar-refractivity contribution is 7.21. The number of amides is 1. The number of nitrogens with one attached hydrogen (secondary N) is 1. The topological polar surface area (TPSA) is 55.4 Å². The van der Waals surface area contributed by atoms with Crippen LogP contribution in [0.4, 0.5) is 14.5 Å². The number of carbonyl (C=O) groups excluding carboxylic acids is 2. The van der Waals surface area contributed by atoms with Gasteiger partial charge in [0.25, 0.3) is 5.91 Å². The fourth-order valence-corrected chi connectivity index (χ4v) is 4.28. The average Bonchev–Trinajstić information content (AvgIpc) is 3.19. The summed E-state index contributed by atoms with van der Waals surface area (Å²) in [7, 11) is 0. The van der Waals surface area contributed by atoms with E-state index in [2.05, 4.69) is 5.32 Å². The molecule has 0 aliphatic heterocycles. The molecule has 0 unspecified atom stereocenters. The van der Waals surface area contributed by atoms with Crippen molar-refractivity contribution in [3.8, 4) is 11.1 Å². The van der Waals surface area contributed by atoms with Crippen molar-refractivity contribution in [1.29, 1.82) is 0 Å². The van der Waals surface area contributed by atoms with Crippen LogP contribution in [0.2, 0.25) is 0 Å². The van der Waals surface area contributed by atoms with Crippen molar-refractivity contribution in [3.63, 3.8) is 0 Å². The van der Waals surface area contributed by atoms with E-state index in [4.69, 9.17) is 4.74 Å². The summed E-state index contributed by atoms with van der Waals surface area (Å²) in [6.07, 6.45) is -0.250. The number of carbonyl (C=O) groups is 2. The molecule has 1 amide bonds. The Hall–Kier alpha value is -3.58. The maximum absolute atomic E-state index is 14.5. The molecule has 162 valence electrons. The van der Waals surface area contributed by atoms with Gasteiger partial charge < -0.3 is 10.1 Å². The second-order valence-corrected chi connectivity index (χ2v) is 8.50. The maximum atomic E-state index is 14.5. The van der Waals surface area contributed by atoms with Crippen LogP contribution in [0.15, 0.2) is 66.7 Å². The largest absolute Gasteiger partial charge is 0.459 e. The number of rotatable bonds is 5. The molecule has 0 spiro atoms. The van der Waals surface area contributed by atoms with Crippen LogP contribution in [0.25, 0.3) is 21.2 Å². The van der Waals surface area contributed by atoms with Crippen LogP contribution in [-0.4, -0.2) is 18.0 Å². The van der Waals surface area contributed by atoms with E-state index < -0.39 is 23.5 Å². The van der Waals surface area contributed by atoms with Gasteiger partial charge in [0.1, 0.15) is 16.5 Å². The smallest absolute Gasteiger partial charge is 0.348 e. The Morgan fingerprint density at radius 1 is 0.938 bits per heavy atom. The molecule has 0 saturated heterocycles. The third-order valence-electron chi connectivity index (χ3n) is 4.71. The molecular weight excluding hydrogens is 432 g/mol. The van der Waals surface area contributed by atoms with Gasteiger partial charge in [0.2, 0.25) is 0 Å². The van der Waals surface area contributed by atoms with Gasteiger partial charge in [-0.2, -0.15) is 0 Å². The Balaban J connectivity index is 1.65. The molecule has 7 heteroatoms. The van der Waals surface area contributed by atoms with Gasteiger partial charge in [-0.25, -0.2) is 13.6 Å². The Kier molecular flexibility index (Phi) is 6.01. The molecule has 1 N–H and O–H groups in total. The highest BCUT2D eigenvalue weighted by Gasteiger charge is 2.18. The van der Waals surface area contributed by atoms with Crippen molar-refractivity contribution in [2.45, 2.75) is 20.0 Å². The first-order valence-corrected chi connectivity index (χ1v) is 10.7. The number of halogens is 2. The molecule has 4 aromatic rings. The monoisotopic (exact) mass is 451 g/mol. The minimum Gasteiger partial charge on any atom is -0.459 e. The standard InChI is InChI=1S/C25H19F2NO3S/c1-14(2)31-25(30)22-13-17-6-4-8-21(23(17)32-22)28-24(29)19-12-16(9-10-20(19)27)15-5-3-7-18(26)11-15/h3-14H,1-2H3,(H,28,29). The van der Waals surface area contributed by atoms with Crippen molar-refractivity contribution < 1.29 is 23.1 Å². The van der Waals surface area contributed by atoms with Gasteiger partial charge in [-0.3, -0.25) is 4.79 Å². The van der Waals surface area contributed by atoms with Crippen LogP contribution < -0.4 is 5.32 Å². The molecule has 3 aromatic carbocycles. The Labute approximate surface area is 187 Å². The fraction of sp³-hybridized carbons (Fsp3) is 0.120. The molecule has 4 rings (SSSR count). The number of esters is 1. The predicted octanol–water partition coefficient (Wildman–Crippen LogP) is 6.66. The van der Waals surface area contributed by atoms with Crippen LogP contribution in [0, 0.1) is 11.6 Å². The van der Waals surface area contributed by atoms with Gasteiger partial charge in [0.05, 0.1) is 22.1 Å². The third kappa shape index (κ3) is 4.53. The Morgan fingerprint density at radius 2 is 1.69 bits per heavy atom. The summed E-state index contributed by atoms with van der Waals surface area (Å²) in [6.45, 7) is 3.53. The van der Waals surface area contributed by atoms with E-state index in [0.717, 1.165) is 5.39 Å². The highest BCUT2D eigenvalue weighted by Crippen LogP contribution is 2.33. The van der Waals surface area contributed by atoms with E-state index in [-0.39, 0.29) is 11.7 Å². The zero-order valence-electron chi connectivity index (χ0n) is 17.3. The van der Waals surface area contributed by atoms with Gasteiger partial charge in [-0.1, -0.05) is 30.3 Å².